The molecule has 4 aromatic heterocycles. The maximum Gasteiger partial charge on any atom is 0.472 e. The topological polar surface area (TPSA) is 239 Å². The number of nitrogen functional groups attached to an aromatic ring is 1. The van der Waals surface area contributed by atoms with E-state index in [9.17, 15) is 27.1 Å². The molecule has 46 heavy (non-hydrogen) atoms. The first-order chi connectivity index (χ1) is 21.7. The van der Waals surface area contributed by atoms with Crippen LogP contribution < -0.4 is 16.0 Å². The van der Waals surface area contributed by atoms with Crippen LogP contribution in [-0.2, 0) is 44.6 Å². The highest BCUT2D eigenvalue weighted by molar-refractivity contribution is 7.84. The highest BCUT2D eigenvalue weighted by Crippen LogP contribution is 2.51. The van der Waals surface area contributed by atoms with Gasteiger partial charge >= 0.3 is 18.1 Å². The summed E-state index contributed by atoms with van der Waals surface area (Å²) in [6.45, 7) is 0.163. The number of aryl methyl sites for hydroxylation is 1. The van der Waals surface area contributed by atoms with E-state index in [-0.39, 0.29) is 28.0 Å². The van der Waals surface area contributed by atoms with Crippen LogP contribution in [0, 0.1) is 11.7 Å². The van der Waals surface area contributed by atoms with E-state index in [4.69, 9.17) is 28.4 Å². The molecule has 23 heteroatoms. The minimum absolute atomic E-state index is 0.00686. The zero-order chi connectivity index (χ0) is 32.7. The molecule has 9 atom stereocenters. The van der Waals surface area contributed by atoms with Crippen LogP contribution in [0.25, 0.3) is 22.2 Å². The first-order valence-electron chi connectivity index (χ1n) is 13.7. The van der Waals surface area contributed by atoms with Gasteiger partial charge in [0.2, 0.25) is 0 Å². The molecule has 7 heterocycles. The zero-order valence-corrected chi connectivity index (χ0v) is 25.5. The van der Waals surface area contributed by atoms with Gasteiger partial charge in [-0.3, -0.25) is 18.4 Å². The Morgan fingerprint density at radius 3 is 2.63 bits per heavy atom. The minimum Gasteiger partial charge on any atom is -0.382 e. The van der Waals surface area contributed by atoms with Crippen molar-refractivity contribution in [2.75, 3.05) is 18.9 Å². The summed E-state index contributed by atoms with van der Waals surface area (Å²) in [5, 5.41) is -0.372. The third-order valence-electron chi connectivity index (χ3n) is 8.11. The van der Waals surface area contributed by atoms with Crippen molar-refractivity contribution in [2.24, 2.45) is 13.0 Å². The van der Waals surface area contributed by atoms with Crippen LogP contribution in [0.5, 0.6) is 0 Å². The largest absolute Gasteiger partial charge is 0.472 e. The molecule has 0 aromatic carbocycles. The summed E-state index contributed by atoms with van der Waals surface area (Å²) in [5.41, 5.74) is 5.18. The van der Waals surface area contributed by atoms with Crippen molar-refractivity contribution in [3.63, 3.8) is 0 Å². The van der Waals surface area contributed by atoms with Crippen LogP contribution >= 0.6 is 7.82 Å². The Labute approximate surface area is 257 Å². The number of nitrogens with two attached hydrogens (primary N) is 1. The molecule has 2 bridgehead atoms. The number of ether oxygens (including phenoxy) is 2. The standard InChI is InChI=1S/C23H26F2N9O10PS/c1-9-12-5-40-45(36,37)43-17-11(41-22(14(17)25)34-8-29-15-18(26)27-6-28-20(15)34)3-31-46(38,39)44-16(9)23(42-12)33-4-10(24)13-19(33)30-7-32(2)21(13)35/h4,6-9,11-12,14,16-17,22-23,31H,3,5H2,1-2H3,(H,36,37)(H2,26,27,28)/t9-,11-,12-,14-,16-,17-,22-,23-/m1/s1. The number of phosphoric ester groups is 1. The first kappa shape index (κ1) is 31.1. The molecule has 3 saturated heterocycles. The van der Waals surface area contributed by atoms with Crippen molar-refractivity contribution in [1.29, 1.82) is 0 Å². The summed E-state index contributed by atoms with van der Waals surface area (Å²) in [5.74, 6) is -1.80. The lowest BCUT2D eigenvalue weighted by Gasteiger charge is -2.24. The average Bonchev–Trinajstić information content (AvgIpc) is 3.73. The van der Waals surface area contributed by atoms with Crippen LogP contribution in [0.1, 0.15) is 19.4 Å². The van der Waals surface area contributed by atoms with Gasteiger partial charge in [0.1, 0.15) is 35.5 Å². The van der Waals surface area contributed by atoms with Gasteiger partial charge < -0.3 is 29.2 Å². The highest BCUT2D eigenvalue weighted by atomic mass is 32.2. The number of phosphoric acid groups is 1. The number of nitrogens with zero attached hydrogens (tertiary/aromatic N) is 7. The Morgan fingerprint density at radius 1 is 1.09 bits per heavy atom. The van der Waals surface area contributed by atoms with E-state index in [2.05, 4.69) is 24.7 Å². The summed E-state index contributed by atoms with van der Waals surface area (Å²) in [6, 6.07) is 0. The van der Waals surface area contributed by atoms with E-state index in [1.165, 1.54) is 20.3 Å². The SMILES string of the molecule is C[C@H]1[C@H]2OS(=O)(=O)NC[C@H]3O[C@@H](n4cnc5c(N)ncnc54)[C@H](F)[C@@H]3OP(=O)(O)OC[C@H]1O[C@H]2n1cc(F)c2c(=O)n(C)cnc21. The molecule has 248 valence electrons. The van der Waals surface area contributed by atoms with Crippen molar-refractivity contribution in [2.45, 2.75) is 50.0 Å². The van der Waals surface area contributed by atoms with Gasteiger partial charge in [-0.25, -0.2) is 37.5 Å². The Morgan fingerprint density at radius 2 is 1.85 bits per heavy atom. The van der Waals surface area contributed by atoms with Gasteiger partial charge in [-0.05, 0) is 0 Å². The fraction of sp³-hybridized carbons (Fsp3) is 0.522. The fourth-order valence-corrected chi connectivity index (χ4v) is 7.71. The van der Waals surface area contributed by atoms with Crippen LogP contribution in [-0.4, -0.2) is 90.7 Å². The number of rotatable bonds is 2. The van der Waals surface area contributed by atoms with E-state index in [1.54, 1.807) is 0 Å². The lowest BCUT2D eigenvalue weighted by Crippen LogP contribution is -2.42. The molecule has 4 aromatic rings. The molecule has 19 nitrogen and oxygen atoms in total. The molecule has 0 aliphatic carbocycles. The molecular formula is C23H26F2N9O10PS. The molecule has 0 spiro atoms. The molecular weight excluding hydrogens is 663 g/mol. The van der Waals surface area contributed by atoms with Gasteiger partial charge in [0.15, 0.2) is 41.6 Å². The number of anilines is 1. The van der Waals surface area contributed by atoms with Crippen molar-refractivity contribution < 1.29 is 49.4 Å². The molecule has 0 saturated carbocycles. The van der Waals surface area contributed by atoms with E-state index in [0.29, 0.717) is 0 Å². The Bertz CT molecular complexity index is 2060. The van der Waals surface area contributed by atoms with Gasteiger partial charge in [0.05, 0.1) is 25.4 Å². The predicted octanol–water partition coefficient (Wildman–Crippen LogP) is -0.199. The van der Waals surface area contributed by atoms with Crippen molar-refractivity contribution in [3.05, 3.63) is 41.3 Å². The third-order valence-corrected chi connectivity index (χ3v) is 10.1. The van der Waals surface area contributed by atoms with Crippen molar-refractivity contribution in [3.8, 4) is 0 Å². The lowest BCUT2D eigenvalue weighted by molar-refractivity contribution is -0.0498. The molecule has 3 aliphatic heterocycles. The second kappa shape index (κ2) is 11.1. The quantitative estimate of drug-likeness (QED) is 0.231. The minimum atomic E-state index is -5.06. The highest BCUT2D eigenvalue weighted by Gasteiger charge is 2.53. The molecule has 0 radical (unpaired) electrons. The van der Waals surface area contributed by atoms with Crippen molar-refractivity contribution in [1.82, 2.24) is 38.4 Å². The summed E-state index contributed by atoms with van der Waals surface area (Å²) in [6.07, 6.45) is -6.60. The summed E-state index contributed by atoms with van der Waals surface area (Å²) < 4.78 is 104. The van der Waals surface area contributed by atoms with Crippen LogP contribution in [0.4, 0.5) is 14.6 Å². The van der Waals surface area contributed by atoms with Gasteiger partial charge in [-0.2, -0.15) is 13.1 Å². The van der Waals surface area contributed by atoms with E-state index in [0.717, 1.165) is 32.6 Å². The Kier molecular flexibility index (Phi) is 7.49. The smallest absolute Gasteiger partial charge is 0.382 e. The Balaban J connectivity index is 1.22. The van der Waals surface area contributed by atoms with E-state index < -0.39 is 91.6 Å². The first-order valence-corrected chi connectivity index (χ1v) is 16.6. The predicted molar refractivity (Wildman–Crippen MR) is 149 cm³/mol. The zero-order valence-electron chi connectivity index (χ0n) is 23.8. The summed E-state index contributed by atoms with van der Waals surface area (Å²) in [4.78, 5) is 39.2. The number of fused-ring (bicyclic) bond motifs is 5. The number of halogens is 2. The molecule has 4 N–H and O–H groups in total. The normalized spacial score (nSPS) is 35.1. The lowest BCUT2D eigenvalue weighted by atomic mass is 10.0. The molecule has 3 fully saturated rings. The number of alkyl halides is 1. The number of aromatic nitrogens is 7. The number of hydrogen-bond donors (Lipinski definition) is 3. The fourth-order valence-electron chi connectivity index (χ4n) is 5.76. The molecule has 7 rings (SSSR count). The molecule has 3 aliphatic rings. The average molecular weight is 690 g/mol. The second-order valence-electron chi connectivity index (χ2n) is 11.0. The number of imidazole rings is 1. The van der Waals surface area contributed by atoms with Gasteiger partial charge in [-0.1, -0.05) is 6.92 Å². The van der Waals surface area contributed by atoms with Gasteiger partial charge in [0, 0.05) is 25.7 Å². The monoisotopic (exact) mass is 689 g/mol. The Hall–Kier alpha value is -3.47. The summed E-state index contributed by atoms with van der Waals surface area (Å²) in [7, 11) is -8.38. The van der Waals surface area contributed by atoms with E-state index >= 15 is 4.39 Å². The van der Waals surface area contributed by atoms with Crippen LogP contribution in [0.3, 0.4) is 0 Å². The summed E-state index contributed by atoms with van der Waals surface area (Å²) >= 11 is 0. The number of nitrogens with one attached hydrogen (secondary N) is 1. The van der Waals surface area contributed by atoms with Crippen molar-refractivity contribution >= 4 is 46.1 Å². The van der Waals surface area contributed by atoms with Gasteiger partial charge in [0.25, 0.3) is 5.56 Å². The van der Waals surface area contributed by atoms with Crippen LogP contribution in [0.2, 0.25) is 0 Å². The molecule has 0 amide bonds. The van der Waals surface area contributed by atoms with Crippen LogP contribution in [0.15, 0.2) is 30.0 Å². The maximum atomic E-state index is 15.9. The van der Waals surface area contributed by atoms with E-state index in [1.807, 2.05) is 0 Å². The second-order valence-corrected chi connectivity index (χ2v) is 13.8. The number of hydrogen-bond acceptors (Lipinski definition) is 14. The van der Waals surface area contributed by atoms with Gasteiger partial charge in [-0.15, -0.1) is 0 Å². The maximum absolute atomic E-state index is 15.9. The third kappa shape index (κ3) is 5.18. The molecule has 1 unspecified atom stereocenters.